The fraction of sp³-hybridized carbons (Fsp3) is 0.462. The number of hydrogen-bond donors (Lipinski definition) is 2. The van der Waals surface area contributed by atoms with Crippen LogP contribution in [0.1, 0.15) is 11.1 Å². The summed E-state index contributed by atoms with van der Waals surface area (Å²) in [5, 5.41) is 11.5. The highest BCUT2D eigenvalue weighted by Gasteiger charge is 2.06. The Kier molecular flexibility index (Phi) is 6.18. The molecule has 5 heteroatoms. The summed E-state index contributed by atoms with van der Waals surface area (Å²) in [5.74, 6) is 0. The molecule has 0 spiro atoms. The van der Waals surface area contributed by atoms with Gasteiger partial charge in [-0.25, -0.2) is 4.79 Å². The predicted octanol–water partition coefficient (Wildman–Crippen LogP) is 0.967. The quantitative estimate of drug-likeness (QED) is 0.793. The number of aliphatic hydroxyl groups excluding tert-OH is 1. The molecule has 0 atom stereocenters. The minimum absolute atomic E-state index is 0.0345. The van der Waals surface area contributed by atoms with Crippen molar-refractivity contribution in [3.63, 3.8) is 0 Å². The van der Waals surface area contributed by atoms with E-state index in [4.69, 9.17) is 9.84 Å². The lowest BCUT2D eigenvalue weighted by Crippen LogP contribution is -2.38. The summed E-state index contributed by atoms with van der Waals surface area (Å²) in [4.78, 5) is 13.0. The molecule has 5 nitrogen and oxygen atoms in total. The monoisotopic (exact) mass is 252 g/mol. The van der Waals surface area contributed by atoms with E-state index in [0.717, 1.165) is 11.1 Å². The molecule has 2 N–H and O–H groups in total. The summed E-state index contributed by atoms with van der Waals surface area (Å²) in [7, 11) is 3.30. The second-order valence-corrected chi connectivity index (χ2v) is 4.06. The Morgan fingerprint density at radius 3 is 2.83 bits per heavy atom. The Balaban J connectivity index is 2.47. The third-order valence-electron chi connectivity index (χ3n) is 2.53. The van der Waals surface area contributed by atoms with Crippen molar-refractivity contribution in [2.45, 2.75) is 13.2 Å². The fourth-order valence-electron chi connectivity index (χ4n) is 1.56. The van der Waals surface area contributed by atoms with Crippen molar-refractivity contribution in [2.24, 2.45) is 0 Å². The molecular weight excluding hydrogens is 232 g/mol. The number of nitrogens with one attached hydrogen (secondary N) is 1. The zero-order valence-electron chi connectivity index (χ0n) is 10.8. The van der Waals surface area contributed by atoms with Crippen molar-refractivity contribution >= 4 is 6.03 Å². The smallest absolute Gasteiger partial charge is 0.317 e. The normalized spacial score (nSPS) is 10.2. The highest BCUT2D eigenvalue weighted by atomic mass is 16.5. The number of ether oxygens (including phenoxy) is 1. The molecule has 0 heterocycles. The van der Waals surface area contributed by atoms with Crippen LogP contribution in [0.4, 0.5) is 4.79 Å². The Morgan fingerprint density at radius 2 is 2.17 bits per heavy atom. The zero-order chi connectivity index (χ0) is 13.4. The largest absolute Gasteiger partial charge is 0.395 e. The number of likely N-dealkylation sites (N-methyl/N-ethyl adjacent to an activating group) is 1. The first-order chi connectivity index (χ1) is 8.67. The molecule has 18 heavy (non-hydrogen) atoms. The molecule has 1 aromatic rings. The van der Waals surface area contributed by atoms with Crippen LogP contribution in [0.2, 0.25) is 0 Å². The van der Waals surface area contributed by atoms with Gasteiger partial charge in [0.1, 0.15) is 0 Å². The number of carbonyl (C=O) groups excluding carboxylic acids is 1. The lowest BCUT2D eigenvalue weighted by atomic mass is 10.1. The third-order valence-corrected chi connectivity index (χ3v) is 2.53. The lowest BCUT2D eigenvalue weighted by molar-refractivity contribution is 0.184. The number of methoxy groups -OCH3 is 1. The predicted molar refractivity (Wildman–Crippen MR) is 69.1 cm³/mol. The number of urea groups is 1. The van der Waals surface area contributed by atoms with Crippen LogP contribution >= 0.6 is 0 Å². The van der Waals surface area contributed by atoms with Gasteiger partial charge in [-0.05, 0) is 11.1 Å². The van der Waals surface area contributed by atoms with Crippen LogP contribution in [0.3, 0.4) is 0 Å². The number of hydrogen-bond acceptors (Lipinski definition) is 3. The molecule has 0 saturated carbocycles. The minimum atomic E-state index is -0.193. The average Bonchev–Trinajstić information content (AvgIpc) is 2.37. The van der Waals surface area contributed by atoms with Gasteiger partial charge >= 0.3 is 6.03 Å². The van der Waals surface area contributed by atoms with Gasteiger partial charge < -0.3 is 20.1 Å². The second kappa shape index (κ2) is 7.68. The van der Waals surface area contributed by atoms with Gasteiger partial charge in [0.15, 0.2) is 0 Å². The zero-order valence-corrected chi connectivity index (χ0v) is 10.8. The molecule has 1 aromatic carbocycles. The Labute approximate surface area is 107 Å². The summed E-state index contributed by atoms with van der Waals surface area (Å²) in [6.45, 7) is 1.32. The van der Waals surface area contributed by atoms with E-state index in [0.29, 0.717) is 19.7 Å². The van der Waals surface area contributed by atoms with Crippen LogP contribution < -0.4 is 5.32 Å². The van der Waals surface area contributed by atoms with E-state index in [2.05, 4.69) is 5.32 Å². The Hall–Kier alpha value is -1.59. The van der Waals surface area contributed by atoms with Crippen molar-refractivity contribution in [1.82, 2.24) is 10.2 Å². The lowest BCUT2D eigenvalue weighted by Gasteiger charge is -2.16. The highest BCUT2D eigenvalue weighted by molar-refractivity contribution is 5.73. The SMILES string of the molecule is COCc1cccc(CNC(=O)N(C)CCO)c1. The molecule has 0 radical (unpaired) electrons. The molecule has 0 unspecified atom stereocenters. The Bertz CT molecular complexity index is 382. The van der Waals surface area contributed by atoms with Gasteiger partial charge in [-0.3, -0.25) is 0 Å². The fourth-order valence-corrected chi connectivity index (χ4v) is 1.56. The summed E-state index contributed by atoms with van der Waals surface area (Å²) < 4.78 is 5.06. The van der Waals surface area contributed by atoms with Crippen molar-refractivity contribution < 1.29 is 14.6 Å². The molecule has 0 bridgehead atoms. The first kappa shape index (κ1) is 14.5. The van der Waals surface area contributed by atoms with Crippen molar-refractivity contribution in [1.29, 1.82) is 0 Å². The Morgan fingerprint density at radius 1 is 1.44 bits per heavy atom. The van der Waals surface area contributed by atoms with Crippen LogP contribution in [-0.2, 0) is 17.9 Å². The minimum Gasteiger partial charge on any atom is -0.395 e. The van der Waals surface area contributed by atoms with Crippen molar-refractivity contribution in [3.8, 4) is 0 Å². The number of amides is 2. The van der Waals surface area contributed by atoms with Gasteiger partial charge in [0.25, 0.3) is 0 Å². The standard InChI is InChI=1S/C13H20N2O3/c1-15(6-7-16)13(17)14-9-11-4-3-5-12(8-11)10-18-2/h3-5,8,16H,6-7,9-10H2,1-2H3,(H,14,17). The number of aliphatic hydroxyl groups is 1. The first-order valence-corrected chi connectivity index (χ1v) is 5.84. The number of carbonyl (C=O) groups is 1. The molecule has 0 saturated heterocycles. The molecule has 100 valence electrons. The van der Waals surface area contributed by atoms with Crippen molar-refractivity contribution in [3.05, 3.63) is 35.4 Å². The van der Waals surface area contributed by atoms with Gasteiger partial charge in [0.05, 0.1) is 13.2 Å². The van der Waals surface area contributed by atoms with E-state index in [9.17, 15) is 4.79 Å². The van der Waals surface area contributed by atoms with Crippen LogP contribution in [0.5, 0.6) is 0 Å². The van der Waals surface area contributed by atoms with E-state index in [1.165, 1.54) is 4.90 Å². The van der Waals surface area contributed by atoms with E-state index < -0.39 is 0 Å². The van der Waals surface area contributed by atoms with Crippen molar-refractivity contribution in [2.75, 3.05) is 27.3 Å². The molecule has 0 fully saturated rings. The molecule has 2 amide bonds. The summed E-state index contributed by atoms with van der Waals surface area (Å²) in [5.41, 5.74) is 2.10. The number of rotatable bonds is 6. The molecule has 0 aliphatic carbocycles. The maximum atomic E-state index is 11.6. The van der Waals surface area contributed by atoms with Crippen LogP contribution in [0.25, 0.3) is 0 Å². The topological polar surface area (TPSA) is 61.8 Å². The second-order valence-electron chi connectivity index (χ2n) is 4.06. The van der Waals surface area contributed by atoms with Gasteiger partial charge in [0, 0.05) is 27.2 Å². The molecular formula is C13H20N2O3. The molecule has 0 aromatic heterocycles. The molecule has 0 aliphatic heterocycles. The summed E-state index contributed by atoms with van der Waals surface area (Å²) in [6, 6.07) is 7.67. The first-order valence-electron chi connectivity index (χ1n) is 5.84. The van der Waals surface area contributed by atoms with Crippen LogP contribution in [0, 0.1) is 0 Å². The van der Waals surface area contributed by atoms with E-state index >= 15 is 0 Å². The third kappa shape index (κ3) is 4.73. The maximum absolute atomic E-state index is 11.6. The van der Waals surface area contributed by atoms with Gasteiger partial charge in [-0.15, -0.1) is 0 Å². The van der Waals surface area contributed by atoms with Gasteiger partial charge in [-0.2, -0.15) is 0 Å². The van der Waals surface area contributed by atoms with Crippen LogP contribution in [0.15, 0.2) is 24.3 Å². The summed E-state index contributed by atoms with van der Waals surface area (Å²) >= 11 is 0. The molecule has 0 aliphatic rings. The maximum Gasteiger partial charge on any atom is 0.317 e. The van der Waals surface area contributed by atoms with E-state index in [-0.39, 0.29) is 12.6 Å². The number of nitrogens with zero attached hydrogens (tertiary/aromatic N) is 1. The van der Waals surface area contributed by atoms with Gasteiger partial charge in [0.2, 0.25) is 0 Å². The average molecular weight is 252 g/mol. The molecule has 1 rings (SSSR count). The number of benzene rings is 1. The summed E-state index contributed by atoms with van der Waals surface area (Å²) in [6.07, 6.45) is 0. The van der Waals surface area contributed by atoms with E-state index in [1.54, 1.807) is 14.2 Å². The highest BCUT2D eigenvalue weighted by Crippen LogP contribution is 2.06. The van der Waals surface area contributed by atoms with Crippen LogP contribution in [-0.4, -0.2) is 43.3 Å². The van der Waals surface area contributed by atoms with Gasteiger partial charge in [-0.1, -0.05) is 24.3 Å². The van der Waals surface area contributed by atoms with E-state index in [1.807, 2.05) is 24.3 Å².